The normalized spacial score (nSPS) is 13.1. The predicted octanol–water partition coefficient (Wildman–Crippen LogP) is -0.229. The van der Waals surface area contributed by atoms with Gasteiger partial charge in [0, 0.05) is 19.7 Å². The molecule has 0 bridgehead atoms. The van der Waals surface area contributed by atoms with Crippen molar-refractivity contribution < 1.29 is 14.4 Å². The third-order valence-electron chi connectivity index (χ3n) is 1.53. The van der Waals surface area contributed by atoms with E-state index in [-0.39, 0.29) is 0 Å². The van der Waals surface area contributed by atoms with Crippen molar-refractivity contribution >= 4 is 0 Å². The van der Waals surface area contributed by atoms with Crippen molar-refractivity contribution in [3.63, 3.8) is 0 Å². The van der Waals surface area contributed by atoms with Crippen LogP contribution in [-0.2, 0) is 11.3 Å². The SMILES string of the molecule is COCC(O)CNCc1ccno1. The fourth-order valence-corrected chi connectivity index (χ4v) is 0.947. The number of aliphatic hydroxyl groups excluding tert-OH is 1. The summed E-state index contributed by atoms with van der Waals surface area (Å²) in [4.78, 5) is 0. The minimum absolute atomic E-state index is 0.337. The van der Waals surface area contributed by atoms with Gasteiger partial charge in [-0.05, 0) is 0 Å². The molecule has 0 aliphatic carbocycles. The van der Waals surface area contributed by atoms with E-state index in [9.17, 15) is 5.11 Å². The molecule has 13 heavy (non-hydrogen) atoms. The number of rotatable bonds is 6. The summed E-state index contributed by atoms with van der Waals surface area (Å²) in [6.07, 6.45) is 1.11. The Balaban J connectivity index is 2.07. The molecule has 0 spiro atoms. The Morgan fingerprint density at radius 2 is 2.62 bits per heavy atom. The van der Waals surface area contributed by atoms with Gasteiger partial charge in [-0.1, -0.05) is 5.16 Å². The zero-order chi connectivity index (χ0) is 9.52. The Bertz CT molecular complexity index is 213. The quantitative estimate of drug-likeness (QED) is 0.642. The molecule has 0 radical (unpaired) electrons. The van der Waals surface area contributed by atoms with Crippen LogP contribution >= 0.6 is 0 Å². The molecule has 1 aromatic rings. The first kappa shape index (κ1) is 10.2. The Hall–Kier alpha value is -0.910. The fraction of sp³-hybridized carbons (Fsp3) is 0.625. The lowest BCUT2D eigenvalue weighted by Crippen LogP contribution is -2.29. The molecule has 1 unspecified atom stereocenters. The molecule has 0 fully saturated rings. The van der Waals surface area contributed by atoms with E-state index in [1.807, 2.05) is 0 Å². The highest BCUT2D eigenvalue weighted by molar-refractivity contribution is 4.91. The van der Waals surface area contributed by atoms with Crippen LogP contribution in [0.4, 0.5) is 0 Å². The first-order chi connectivity index (χ1) is 6.33. The van der Waals surface area contributed by atoms with Gasteiger partial charge < -0.3 is 19.7 Å². The first-order valence-electron chi connectivity index (χ1n) is 4.10. The predicted molar refractivity (Wildman–Crippen MR) is 46.1 cm³/mol. The zero-order valence-corrected chi connectivity index (χ0v) is 7.56. The van der Waals surface area contributed by atoms with Crippen LogP contribution in [0.5, 0.6) is 0 Å². The average Bonchev–Trinajstić information content (AvgIpc) is 2.57. The highest BCUT2D eigenvalue weighted by Gasteiger charge is 2.02. The largest absolute Gasteiger partial charge is 0.389 e. The summed E-state index contributed by atoms with van der Waals surface area (Å²) >= 11 is 0. The zero-order valence-electron chi connectivity index (χ0n) is 7.56. The van der Waals surface area contributed by atoms with Crippen LogP contribution in [0.1, 0.15) is 5.76 Å². The van der Waals surface area contributed by atoms with Crippen molar-refractivity contribution in [1.29, 1.82) is 0 Å². The van der Waals surface area contributed by atoms with E-state index >= 15 is 0 Å². The van der Waals surface area contributed by atoms with E-state index in [0.717, 1.165) is 5.76 Å². The molecule has 1 aromatic heterocycles. The summed E-state index contributed by atoms with van der Waals surface area (Å²) in [5, 5.41) is 15.8. The Morgan fingerprint density at radius 1 is 1.77 bits per heavy atom. The van der Waals surface area contributed by atoms with E-state index in [2.05, 4.69) is 10.5 Å². The van der Waals surface area contributed by atoms with Gasteiger partial charge in [-0.3, -0.25) is 0 Å². The molecule has 5 nitrogen and oxygen atoms in total. The van der Waals surface area contributed by atoms with Crippen LogP contribution in [0.15, 0.2) is 16.8 Å². The van der Waals surface area contributed by atoms with Gasteiger partial charge in [0.15, 0.2) is 0 Å². The van der Waals surface area contributed by atoms with Gasteiger partial charge >= 0.3 is 0 Å². The van der Waals surface area contributed by atoms with Crippen molar-refractivity contribution in [1.82, 2.24) is 10.5 Å². The van der Waals surface area contributed by atoms with Gasteiger partial charge in [0.1, 0.15) is 5.76 Å². The molecule has 1 heterocycles. The number of hydrogen-bond acceptors (Lipinski definition) is 5. The molecule has 74 valence electrons. The maximum Gasteiger partial charge on any atom is 0.150 e. The second-order valence-electron chi connectivity index (χ2n) is 2.72. The smallest absolute Gasteiger partial charge is 0.150 e. The minimum atomic E-state index is -0.479. The molecule has 1 rings (SSSR count). The average molecular weight is 186 g/mol. The summed E-state index contributed by atoms with van der Waals surface area (Å²) in [6.45, 7) is 1.39. The maximum atomic E-state index is 9.24. The Morgan fingerprint density at radius 3 is 3.23 bits per heavy atom. The summed E-state index contributed by atoms with van der Waals surface area (Å²) in [5.74, 6) is 0.754. The molecule has 2 N–H and O–H groups in total. The van der Waals surface area contributed by atoms with Crippen molar-refractivity contribution in [2.75, 3.05) is 20.3 Å². The van der Waals surface area contributed by atoms with Crippen molar-refractivity contribution in [3.8, 4) is 0 Å². The number of ether oxygens (including phenoxy) is 1. The molecule has 5 heteroatoms. The minimum Gasteiger partial charge on any atom is -0.389 e. The van der Waals surface area contributed by atoms with Gasteiger partial charge in [-0.2, -0.15) is 0 Å². The third kappa shape index (κ3) is 4.02. The fourth-order valence-electron chi connectivity index (χ4n) is 0.947. The van der Waals surface area contributed by atoms with E-state index in [0.29, 0.717) is 19.7 Å². The molecule has 1 atom stereocenters. The van der Waals surface area contributed by atoms with E-state index in [1.165, 1.54) is 0 Å². The lowest BCUT2D eigenvalue weighted by Gasteiger charge is -2.08. The number of aromatic nitrogens is 1. The van der Waals surface area contributed by atoms with Crippen LogP contribution < -0.4 is 5.32 Å². The number of hydrogen-bond donors (Lipinski definition) is 2. The van der Waals surface area contributed by atoms with Gasteiger partial charge in [-0.25, -0.2) is 0 Å². The van der Waals surface area contributed by atoms with Gasteiger partial charge in [-0.15, -0.1) is 0 Å². The standard InChI is InChI=1S/C8H14N2O3/c1-12-6-7(11)4-9-5-8-2-3-10-13-8/h2-3,7,9,11H,4-6H2,1H3. The van der Waals surface area contributed by atoms with Crippen LogP contribution in [0.25, 0.3) is 0 Å². The topological polar surface area (TPSA) is 67.5 Å². The van der Waals surface area contributed by atoms with E-state index in [1.54, 1.807) is 19.4 Å². The number of nitrogens with one attached hydrogen (secondary N) is 1. The molecule has 0 saturated heterocycles. The number of aliphatic hydroxyl groups is 1. The van der Waals surface area contributed by atoms with E-state index < -0.39 is 6.10 Å². The molecular weight excluding hydrogens is 172 g/mol. The number of methoxy groups -OCH3 is 1. The monoisotopic (exact) mass is 186 g/mol. The van der Waals surface area contributed by atoms with Crippen molar-refractivity contribution in [3.05, 3.63) is 18.0 Å². The molecule has 0 aliphatic heterocycles. The molecular formula is C8H14N2O3. The van der Waals surface area contributed by atoms with Gasteiger partial charge in [0.05, 0.1) is 25.5 Å². The third-order valence-corrected chi connectivity index (χ3v) is 1.53. The van der Waals surface area contributed by atoms with E-state index in [4.69, 9.17) is 9.26 Å². The molecule has 0 amide bonds. The maximum absolute atomic E-state index is 9.24. The summed E-state index contributed by atoms with van der Waals surface area (Å²) in [7, 11) is 1.56. The van der Waals surface area contributed by atoms with Crippen LogP contribution in [0, 0.1) is 0 Å². The Kier molecular flexibility index (Phi) is 4.45. The Labute approximate surface area is 76.7 Å². The lowest BCUT2D eigenvalue weighted by atomic mass is 10.3. The van der Waals surface area contributed by atoms with Crippen LogP contribution in [0.3, 0.4) is 0 Å². The highest BCUT2D eigenvalue weighted by atomic mass is 16.5. The highest BCUT2D eigenvalue weighted by Crippen LogP contribution is 1.94. The van der Waals surface area contributed by atoms with Gasteiger partial charge in [0.2, 0.25) is 0 Å². The molecule has 0 aromatic carbocycles. The lowest BCUT2D eigenvalue weighted by molar-refractivity contribution is 0.0640. The molecule has 0 saturated carbocycles. The van der Waals surface area contributed by atoms with Crippen LogP contribution in [0.2, 0.25) is 0 Å². The summed E-state index contributed by atoms with van der Waals surface area (Å²) in [6, 6.07) is 1.77. The van der Waals surface area contributed by atoms with Crippen molar-refractivity contribution in [2.24, 2.45) is 0 Å². The van der Waals surface area contributed by atoms with Crippen LogP contribution in [-0.4, -0.2) is 36.6 Å². The first-order valence-corrected chi connectivity index (χ1v) is 4.10. The van der Waals surface area contributed by atoms with Gasteiger partial charge in [0.25, 0.3) is 0 Å². The second kappa shape index (κ2) is 5.69. The second-order valence-corrected chi connectivity index (χ2v) is 2.72. The number of nitrogens with zero attached hydrogens (tertiary/aromatic N) is 1. The summed E-state index contributed by atoms with van der Waals surface area (Å²) < 4.78 is 9.62. The molecule has 0 aliphatic rings. The summed E-state index contributed by atoms with van der Waals surface area (Å²) in [5.41, 5.74) is 0. The van der Waals surface area contributed by atoms with Crippen molar-refractivity contribution in [2.45, 2.75) is 12.6 Å².